The van der Waals surface area contributed by atoms with Crippen LogP contribution in [0.25, 0.3) is 0 Å². The second kappa shape index (κ2) is 9.74. The lowest BCUT2D eigenvalue weighted by Crippen LogP contribution is -2.40. The normalized spacial score (nSPS) is 11.5. The number of rotatable bonds is 9. The van der Waals surface area contributed by atoms with Gasteiger partial charge in [0.1, 0.15) is 18.7 Å². The smallest absolute Gasteiger partial charge is 0.291 e. The maximum absolute atomic E-state index is 12.5. The Morgan fingerprint density at radius 3 is 2.83 bits per heavy atom. The molecule has 2 heterocycles. The first-order valence-corrected chi connectivity index (χ1v) is 9.47. The molecule has 2 aromatic heterocycles. The maximum atomic E-state index is 12.5. The number of pyridine rings is 1. The van der Waals surface area contributed by atoms with E-state index in [4.69, 9.17) is 17.0 Å². The van der Waals surface area contributed by atoms with Crippen LogP contribution >= 0.6 is 12.2 Å². The quantitative estimate of drug-likeness (QED) is 0.540. The number of carbonyl (C=O) groups excluding carboxylic acids is 1. The first-order chi connectivity index (χ1) is 14.1. The van der Waals surface area contributed by atoms with Crippen LogP contribution in [0.2, 0.25) is 0 Å². The minimum atomic E-state index is -0.471. The number of ether oxygens (including phenoxy) is 1. The van der Waals surface area contributed by atoms with Crippen molar-refractivity contribution >= 4 is 29.2 Å². The molecule has 0 saturated carbocycles. The van der Waals surface area contributed by atoms with Gasteiger partial charge in [0.2, 0.25) is 5.82 Å². The molecule has 0 radical (unpaired) electrons. The summed E-state index contributed by atoms with van der Waals surface area (Å²) < 4.78 is 7.45. The molecule has 0 spiro atoms. The number of carbonyl (C=O) groups is 1. The predicted octanol–water partition coefficient (Wildman–Crippen LogP) is 1.96. The first-order valence-electron chi connectivity index (χ1n) is 9.00. The van der Waals surface area contributed by atoms with Crippen LogP contribution < -0.4 is 15.0 Å². The molecular weight excluding hydrogens is 388 g/mol. The number of nitrogens with one attached hydrogen (secondary N) is 1. The molecule has 0 aliphatic carbocycles. The molecule has 0 bridgehead atoms. The standard InChI is InChI=1S/C20H22N6O2S/c1-25(2)17-10-21-9-8-18(17)28-12-16(13-29)23-20(27)19-22-14-26(24-19)11-15-6-4-3-5-7-15/h3-10,13-14,16H,11-12H2,1-2H3,(H,23,27)/t16-/m0/s1. The van der Waals surface area contributed by atoms with Gasteiger partial charge in [0.15, 0.2) is 0 Å². The molecule has 1 aromatic carbocycles. The van der Waals surface area contributed by atoms with Crippen molar-refractivity contribution in [1.29, 1.82) is 0 Å². The first kappa shape index (κ1) is 20.4. The molecule has 0 unspecified atom stereocenters. The molecular formula is C20H22N6O2S. The Morgan fingerprint density at radius 1 is 1.31 bits per heavy atom. The number of hydrogen-bond acceptors (Lipinski definition) is 7. The zero-order chi connectivity index (χ0) is 20.6. The molecule has 29 heavy (non-hydrogen) atoms. The van der Waals surface area contributed by atoms with Crippen LogP contribution in [0.4, 0.5) is 5.69 Å². The predicted molar refractivity (Wildman–Crippen MR) is 115 cm³/mol. The summed E-state index contributed by atoms with van der Waals surface area (Å²) in [6.45, 7) is 0.723. The lowest BCUT2D eigenvalue weighted by molar-refractivity contribution is 0.0927. The molecule has 1 N–H and O–H groups in total. The van der Waals surface area contributed by atoms with Gasteiger partial charge in [-0.25, -0.2) is 9.67 Å². The zero-order valence-corrected chi connectivity index (χ0v) is 17.0. The van der Waals surface area contributed by atoms with Gasteiger partial charge in [-0.3, -0.25) is 9.78 Å². The van der Waals surface area contributed by atoms with E-state index >= 15 is 0 Å². The van der Waals surface area contributed by atoms with Crippen molar-refractivity contribution in [3.63, 3.8) is 0 Å². The number of anilines is 1. The van der Waals surface area contributed by atoms with Crippen molar-refractivity contribution in [2.24, 2.45) is 0 Å². The maximum Gasteiger partial charge on any atom is 0.291 e. The van der Waals surface area contributed by atoms with Gasteiger partial charge in [0, 0.05) is 31.7 Å². The number of amides is 1. The summed E-state index contributed by atoms with van der Waals surface area (Å²) in [5, 5.41) is 8.48. The van der Waals surface area contributed by atoms with E-state index in [2.05, 4.69) is 20.4 Å². The van der Waals surface area contributed by atoms with E-state index in [-0.39, 0.29) is 12.4 Å². The van der Waals surface area contributed by atoms with Gasteiger partial charge in [0.05, 0.1) is 24.5 Å². The van der Waals surface area contributed by atoms with Crippen LogP contribution in [-0.2, 0) is 6.54 Å². The molecule has 0 aliphatic rings. The van der Waals surface area contributed by atoms with E-state index < -0.39 is 11.9 Å². The monoisotopic (exact) mass is 410 g/mol. The van der Waals surface area contributed by atoms with Gasteiger partial charge in [-0.2, -0.15) is 0 Å². The lowest BCUT2D eigenvalue weighted by Gasteiger charge is -2.19. The summed E-state index contributed by atoms with van der Waals surface area (Å²) in [7, 11) is 3.81. The van der Waals surface area contributed by atoms with E-state index in [9.17, 15) is 4.79 Å². The Balaban J connectivity index is 1.58. The largest absolute Gasteiger partial charge is 0.489 e. The number of benzene rings is 1. The van der Waals surface area contributed by atoms with E-state index in [1.54, 1.807) is 23.1 Å². The van der Waals surface area contributed by atoms with E-state index in [1.807, 2.05) is 49.3 Å². The fourth-order valence-electron chi connectivity index (χ4n) is 2.60. The Kier molecular flexibility index (Phi) is 6.85. The van der Waals surface area contributed by atoms with Crippen molar-refractivity contribution in [2.75, 3.05) is 25.6 Å². The number of nitrogens with zero attached hydrogens (tertiary/aromatic N) is 5. The van der Waals surface area contributed by atoms with E-state index in [0.29, 0.717) is 12.3 Å². The van der Waals surface area contributed by atoms with Crippen LogP contribution in [0.5, 0.6) is 5.75 Å². The molecule has 8 nitrogen and oxygen atoms in total. The van der Waals surface area contributed by atoms with Crippen LogP contribution in [0, 0.1) is 0 Å². The van der Waals surface area contributed by atoms with Crippen molar-refractivity contribution in [3.05, 3.63) is 66.5 Å². The Bertz CT molecular complexity index is 960. The second-order valence-electron chi connectivity index (χ2n) is 6.52. The van der Waals surface area contributed by atoms with Crippen LogP contribution in [0.15, 0.2) is 55.1 Å². The molecule has 3 rings (SSSR count). The highest BCUT2D eigenvalue weighted by Gasteiger charge is 2.17. The summed E-state index contributed by atoms with van der Waals surface area (Å²) in [5.41, 5.74) is 1.91. The van der Waals surface area contributed by atoms with Crippen LogP contribution in [-0.4, -0.2) is 57.8 Å². The van der Waals surface area contributed by atoms with E-state index in [0.717, 1.165) is 11.3 Å². The fourth-order valence-corrected chi connectivity index (χ4v) is 2.75. The van der Waals surface area contributed by atoms with Crippen LogP contribution in [0.3, 0.4) is 0 Å². The van der Waals surface area contributed by atoms with Crippen molar-refractivity contribution in [1.82, 2.24) is 25.1 Å². The highest BCUT2D eigenvalue weighted by Crippen LogP contribution is 2.24. The molecule has 1 atom stereocenters. The number of thiocarbonyl (C=S) groups is 1. The van der Waals surface area contributed by atoms with Crippen molar-refractivity contribution < 1.29 is 9.53 Å². The minimum Gasteiger partial charge on any atom is -0.489 e. The summed E-state index contributed by atoms with van der Waals surface area (Å²) in [4.78, 5) is 22.6. The van der Waals surface area contributed by atoms with Crippen LogP contribution in [0.1, 0.15) is 16.2 Å². The zero-order valence-electron chi connectivity index (χ0n) is 16.2. The third-order valence-corrected chi connectivity index (χ3v) is 4.40. The molecule has 0 aliphatic heterocycles. The van der Waals surface area contributed by atoms with Gasteiger partial charge in [-0.1, -0.05) is 42.5 Å². The second-order valence-corrected chi connectivity index (χ2v) is 6.79. The van der Waals surface area contributed by atoms with Gasteiger partial charge < -0.3 is 15.0 Å². The molecule has 3 aromatic rings. The lowest BCUT2D eigenvalue weighted by atomic mass is 10.2. The summed E-state index contributed by atoms with van der Waals surface area (Å²) in [6, 6.07) is 11.1. The van der Waals surface area contributed by atoms with Gasteiger partial charge in [-0.15, -0.1) is 5.10 Å². The molecule has 0 saturated heterocycles. The third kappa shape index (κ3) is 5.58. The highest BCUT2D eigenvalue weighted by molar-refractivity contribution is 7.79. The minimum absolute atomic E-state index is 0.0840. The Labute approximate surface area is 174 Å². The summed E-state index contributed by atoms with van der Waals surface area (Å²) in [5.74, 6) is 0.334. The van der Waals surface area contributed by atoms with E-state index in [1.165, 1.54) is 11.7 Å². The Hall–Kier alpha value is -3.33. The highest BCUT2D eigenvalue weighted by atomic mass is 32.1. The Morgan fingerprint density at radius 2 is 2.10 bits per heavy atom. The van der Waals surface area contributed by atoms with Gasteiger partial charge in [0.25, 0.3) is 5.91 Å². The topological polar surface area (TPSA) is 85.2 Å². The van der Waals surface area contributed by atoms with Crippen molar-refractivity contribution in [2.45, 2.75) is 12.6 Å². The van der Waals surface area contributed by atoms with Gasteiger partial charge >= 0.3 is 0 Å². The summed E-state index contributed by atoms with van der Waals surface area (Å²) >= 11 is 5.05. The van der Waals surface area contributed by atoms with Crippen molar-refractivity contribution in [3.8, 4) is 5.75 Å². The number of hydrogen-bond donors (Lipinski definition) is 1. The average molecular weight is 411 g/mol. The fraction of sp³-hybridized carbons (Fsp3) is 0.250. The molecule has 0 fully saturated rings. The summed E-state index contributed by atoms with van der Waals surface area (Å²) in [6.07, 6.45) is 4.89. The SMILES string of the molecule is CN(C)c1cnccc1OC[C@@H](C=S)NC(=O)c1ncn(Cc2ccccc2)n1. The molecule has 9 heteroatoms. The third-order valence-electron chi connectivity index (χ3n) is 4.07. The average Bonchev–Trinajstić information content (AvgIpc) is 3.20. The van der Waals surface area contributed by atoms with Gasteiger partial charge in [-0.05, 0) is 5.56 Å². The molecule has 150 valence electrons. The molecule has 1 amide bonds. The number of aromatic nitrogens is 4.